The third-order valence-corrected chi connectivity index (χ3v) is 2.99. The minimum absolute atomic E-state index is 0.0916. The van der Waals surface area contributed by atoms with Crippen LogP contribution in [0, 0.1) is 18.2 Å². The van der Waals surface area contributed by atoms with Crippen LogP contribution < -0.4 is 5.32 Å². The highest BCUT2D eigenvalue weighted by molar-refractivity contribution is 5.45. The normalized spacial score (nSPS) is 17.9. The maximum absolute atomic E-state index is 13.3. The fraction of sp³-hybridized carbons (Fsp3) is 0.500. The molecular weight excluding hydrogens is 209 g/mol. The number of aliphatic hydroxyl groups is 1. The number of benzene rings is 1. The topological polar surface area (TPSA) is 41.5 Å². The van der Waals surface area contributed by atoms with E-state index in [2.05, 4.69) is 5.32 Å². The van der Waals surface area contributed by atoms with Gasteiger partial charge in [0.15, 0.2) is 0 Å². The van der Waals surface area contributed by atoms with E-state index in [0.717, 1.165) is 5.69 Å². The highest BCUT2D eigenvalue weighted by Gasteiger charge is 2.37. The first-order chi connectivity index (χ1) is 7.65. The fourth-order valence-electron chi connectivity index (χ4n) is 1.63. The van der Waals surface area contributed by atoms with Gasteiger partial charge < -0.3 is 15.2 Å². The summed E-state index contributed by atoms with van der Waals surface area (Å²) in [4.78, 5) is 0. The van der Waals surface area contributed by atoms with Crippen molar-refractivity contribution in [1.29, 1.82) is 0 Å². The average molecular weight is 225 g/mol. The highest BCUT2D eigenvalue weighted by atomic mass is 19.1. The Morgan fingerprint density at radius 3 is 2.75 bits per heavy atom. The molecule has 0 amide bonds. The summed E-state index contributed by atoms with van der Waals surface area (Å²) in [5, 5.41) is 12.3. The zero-order chi connectivity index (χ0) is 11.6. The number of nitrogens with one attached hydrogen (secondary N) is 1. The first-order valence-corrected chi connectivity index (χ1v) is 5.34. The van der Waals surface area contributed by atoms with Crippen LogP contribution in [-0.2, 0) is 4.74 Å². The monoisotopic (exact) mass is 225 g/mol. The highest BCUT2D eigenvalue weighted by Crippen LogP contribution is 2.27. The fourth-order valence-corrected chi connectivity index (χ4v) is 1.63. The molecule has 16 heavy (non-hydrogen) atoms. The quantitative estimate of drug-likeness (QED) is 0.817. The molecule has 3 nitrogen and oxygen atoms in total. The maximum atomic E-state index is 13.3. The van der Waals surface area contributed by atoms with Crippen LogP contribution in [0.15, 0.2) is 18.2 Å². The summed E-state index contributed by atoms with van der Waals surface area (Å²) in [6.45, 7) is 3.55. The molecule has 0 atom stereocenters. The van der Waals surface area contributed by atoms with Gasteiger partial charge in [0.05, 0.1) is 25.2 Å². The summed E-state index contributed by atoms with van der Waals surface area (Å²) in [5.74, 6) is -0.215. The smallest absolute Gasteiger partial charge is 0.128 e. The molecule has 1 aliphatic rings. The summed E-state index contributed by atoms with van der Waals surface area (Å²) in [6, 6.07) is 5.05. The number of aryl methyl sites for hydroxylation is 1. The minimum atomic E-state index is -0.215. The molecule has 0 radical (unpaired) electrons. The number of aliphatic hydroxyl groups excluding tert-OH is 1. The van der Waals surface area contributed by atoms with E-state index in [1.54, 1.807) is 13.0 Å². The Morgan fingerprint density at radius 1 is 1.50 bits per heavy atom. The molecule has 2 rings (SSSR count). The first-order valence-electron chi connectivity index (χ1n) is 5.34. The molecule has 1 aromatic carbocycles. The predicted octanol–water partition coefficient (Wildman–Crippen LogP) is 1.55. The van der Waals surface area contributed by atoms with Gasteiger partial charge in [-0.1, -0.05) is 6.07 Å². The molecule has 1 fully saturated rings. The Balaban J connectivity index is 1.96. The second kappa shape index (κ2) is 4.39. The van der Waals surface area contributed by atoms with Crippen LogP contribution in [-0.4, -0.2) is 31.5 Å². The van der Waals surface area contributed by atoms with Crippen LogP contribution in [0.25, 0.3) is 0 Å². The maximum Gasteiger partial charge on any atom is 0.128 e. The molecule has 1 aliphatic heterocycles. The lowest BCUT2D eigenvalue weighted by molar-refractivity contribution is -0.128. The summed E-state index contributed by atoms with van der Waals surface area (Å²) < 4.78 is 18.3. The first kappa shape index (κ1) is 11.4. The van der Waals surface area contributed by atoms with Gasteiger partial charge in [0.25, 0.3) is 0 Å². The van der Waals surface area contributed by atoms with Crippen molar-refractivity contribution in [2.45, 2.75) is 6.92 Å². The van der Waals surface area contributed by atoms with Crippen LogP contribution in [0.2, 0.25) is 0 Å². The molecule has 1 saturated heterocycles. The standard InChI is InChI=1S/C12H16FNO2/c1-9-2-3-10(4-11(9)13)14-5-12(6-15)7-16-8-12/h2-4,14-15H,5-8H2,1H3. The third kappa shape index (κ3) is 2.18. The van der Waals surface area contributed by atoms with Crippen molar-refractivity contribution in [3.8, 4) is 0 Å². The van der Waals surface area contributed by atoms with Crippen molar-refractivity contribution in [2.75, 3.05) is 31.7 Å². The number of rotatable bonds is 4. The van der Waals surface area contributed by atoms with E-state index < -0.39 is 0 Å². The Morgan fingerprint density at radius 2 is 2.25 bits per heavy atom. The van der Waals surface area contributed by atoms with Crippen molar-refractivity contribution in [3.05, 3.63) is 29.6 Å². The van der Waals surface area contributed by atoms with Crippen molar-refractivity contribution in [1.82, 2.24) is 0 Å². The summed E-state index contributed by atoms with van der Waals surface area (Å²) in [7, 11) is 0. The van der Waals surface area contributed by atoms with Gasteiger partial charge in [0.1, 0.15) is 5.82 Å². The lowest BCUT2D eigenvalue weighted by atomic mass is 9.87. The van der Waals surface area contributed by atoms with Gasteiger partial charge in [0.2, 0.25) is 0 Å². The lowest BCUT2D eigenvalue weighted by Crippen LogP contribution is -2.50. The van der Waals surface area contributed by atoms with Crippen molar-refractivity contribution >= 4 is 5.69 Å². The molecule has 0 spiro atoms. The molecule has 0 bridgehead atoms. The molecule has 0 aliphatic carbocycles. The molecule has 2 N–H and O–H groups in total. The van der Waals surface area contributed by atoms with Crippen LogP contribution in [0.4, 0.5) is 10.1 Å². The zero-order valence-electron chi connectivity index (χ0n) is 9.29. The van der Waals surface area contributed by atoms with Crippen molar-refractivity contribution in [3.63, 3.8) is 0 Å². The molecule has 1 aromatic rings. The van der Waals surface area contributed by atoms with Gasteiger partial charge in [-0.3, -0.25) is 0 Å². The molecule has 1 heterocycles. The van der Waals surface area contributed by atoms with E-state index in [4.69, 9.17) is 4.74 Å². The van der Waals surface area contributed by atoms with Gasteiger partial charge in [-0.15, -0.1) is 0 Å². The second-order valence-electron chi connectivity index (χ2n) is 4.47. The summed E-state index contributed by atoms with van der Waals surface area (Å²) in [5.41, 5.74) is 1.18. The second-order valence-corrected chi connectivity index (χ2v) is 4.47. The number of hydrogen-bond acceptors (Lipinski definition) is 3. The Hall–Kier alpha value is -1.13. The third-order valence-electron chi connectivity index (χ3n) is 2.99. The Kier molecular flexibility index (Phi) is 3.12. The minimum Gasteiger partial charge on any atom is -0.396 e. The van der Waals surface area contributed by atoms with Crippen molar-refractivity contribution in [2.24, 2.45) is 5.41 Å². The number of halogens is 1. The number of anilines is 1. The van der Waals surface area contributed by atoms with E-state index >= 15 is 0 Å². The van der Waals surface area contributed by atoms with E-state index in [1.165, 1.54) is 6.07 Å². The van der Waals surface area contributed by atoms with Gasteiger partial charge in [0, 0.05) is 12.2 Å². The lowest BCUT2D eigenvalue weighted by Gasteiger charge is -2.40. The van der Waals surface area contributed by atoms with Crippen LogP contribution in [0.3, 0.4) is 0 Å². The Labute approximate surface area is 94.2 Å². The van der Waals surface area contributed by atoms with Crippen LogP contribution in [0.5, 0.6) is 0 Å². The van der Waals surface area contributed by atoms with E-state index in [9.17, 15) is 9.50 Å². The molecule has 0 saturated carbocycles. The van der Waals surface area contributed by atoms with E-state index in [0.29, 0.717) is 25.3 Å². The summed E-state index contributed by atoms with van der Waals surface area (Å²) >= 11 is 0. The van der Waals surface area contributed by atoms with Gasteiger partial charge in [-0.05, 0) is 24.6 Å². The number of hydrogen-bond donors (Lipinski definition) is 2. The number of ether oxygens (including phenoxy) is 1. The average Bonchev–Trinajstić information content (AvgIpc) is 2.22. The molecule has 88 valence electrons. The molecule has 0 aromatic heterocycles. The Bertz CT molecular complexity index is 372. The molecule has 4 heteroatoms. The SMILES string of the molecule is Cc1ccc(NCC2(CO)COC2)cc1F. The van der Waals surface area contributed by atoms with Crippen LogP contribution >= 0.6 is 0 Å². The van der Waals surface area contributed by atoms with Gasteiger partial charge in [-0.25, -0.2) is 4.39 Å². The summed E-state index contributed by atoms with van der Waals surface area (Å²) in [6.07, 6.45) is 0. The molecular formula is C12H16FNO2. The van der Waals surface area contributed by atoms with E-state index in [1.807, 2.05) is 6.07 Å². The van der Waals surface area contributed by atoms with Crippen LogP contribution in [0.1, 0.15) is 5.56 Å². The largest absolute Gasteiger partial charge is 0.396 e. The van der Waals surface area contributed by atoms with Gasteiger partial charge in [-0.2, -0.15) is 0 Å². The van der Waals surface area contributed by atoms with E-state index in [-0.39, 0.29) is 17.8 Å². The molecule has 0 unspecified atom stereocenters. The zero-order valence-corrected chi connectivity index (χ0v) is 9.29. The predicted molar refractivity (Wildman–Crippen MR) is 60.0 cm³/mol. The van der Waals surface area contributed by atoms with Crippen molar-refractivity contribution < 1.29 is 14.2 Å². The van der Waals surface area contributed by atoms with Gasteiger partial charge >= 0.3 is 0 Å².